The molecule has 1 saturated heterocycles. The van der Waals surface area contributed by atoms with Crippen LogP contribution in [-0.4, -0.2) is 58.4 Å². The fraction of sp³-hybridized carbons (Fsp3) is 0.444. The predicted molar refractivity (Wildman–Crippen MR) is 90.3 cm³/mol. The molecule has 122 valence electrons. The summed E-state index contributed by atoms with van der Waals surface area (Å²) in [5.41, 5.74) is 1.94. The molecule has 0 aliphatic carbocycles. The maximum atomic E-state index is 12.4. The van der Waals surface area contributed by atoms with E-state index in [1.165, 1.54) is 5.56 Å². The number of nitrogens with zero attached hydrogens (tertiary/aromatic N) is 3. The van der Waals surface area contributed by atoms with Crippen LogP contribution in [0, 0.1) is 0 Å². The first-order valence-electron chi connectivity index (χ1n) is 8.26. The van der Waals surface area contributed by atoms with Gasteiger partial charge in [0.05, 0.1) is 12.5 Å². The molecule has 23 heavy (non-hydrogen) atoms. The topological polar surface area (TPSA) is 52.2 Å². The van der Waals surface area contributed by atoms with Gasteiger partial charge in [-0.25, -0.2) is 4.98 Å². The monoisotopic (exact) mass is 312 g/mol. The fourth-order valence-electron chi connectivity index (χ4n) is 3.17. The molecule has 1 aromatic heterocycles. The van der Waals surface area contributed by atoms with Gasteiger partial charge in [0, 0.05) is 25.7 Å². The number of likely N-dealkylation sites (N-methyl/N-ethyl adjacent to an activating group) is 1. The summed E-state index contributed by atoms with van der Waals surface area (Å²) in [5.74, 6) is 0.0589. The summed E-state index contributed by atoms with van der Waals surface area (Å²) in [6, 6.07) is 11.0. The molecular formula is C18H24N4O. The first kappa shape index (κ1) is 15.7. The van der Waals surface area contributed by atoms with Gasteiger partial charge in [-0.3, -0.25) is 4.79 Å². The van der Waals surface area contributed by atoms with Gasteiger partial charge in [-0.15, -0.1) is 0 Å². The minimum Gasteiger partial charge on any atom is -0.341 e. The summed E-state index contributed by atoms with van der Waals surface area (Å²) in [5, 5.41) is 0. The van der Waals surface area contributed by atoms with Crippen molar-refractivity contribution < 1.29 is 4.79 Å². The van der Waals surface area contributed by atoms with Crippen molar-refractivity contribution in [2.75, 3.05) is 26.7 Å². The molecule has 0 radical (unpaired) electrons. The highest BCUT2D eigenvalue weighted by Gasteiger charge is 2.27. The third-order valence-electron chi connectivity index (χ3n) is 4.63. The standard InChI is InChI=1S/C18H24N4O/c1-21(11-9-15-6-3-2-4-7-15)16-8-5-10-22(13-16)18(23)17-12-19-14-20-17/h2-4,6-7,12,14,16H,5,8-11,13H2,1H3,(H,19,20). The molecule has 3 rings (SSSR count). The zero-order chi connectivity index (χ0) is 16.1. The smallest absolute Gasteiger partial charge is 0.271 e. The number of aromatic nitrogens is 2. The van der Waals surface area contributed by atoms with E-state index in [1.807, 2.05) is 11.0 Å². The number of nitrogens with one attached hydrogen (secondary N) is 1. The highest BCUT2D eigenvalue weighted by molar-refractivity contribution is 5.92. The van der Waals surface area contributed by atoms with Gasteiger partial charge in [0.15, 0.2) is 0 Å². The number of aromatic amines is 1. The summed E-state index contributed by atoms with van der Waals surface area (Å²) in [6.45, 7) is 2.64. The second-order valence-corrected chi connectivity index (χ2v) is 6.23. The summed E-state index contributed by atoms with van der Waals surface area (Å²) >= 11 is 0. The summed E-state index contributed by atoms with van der Waals surface area (Å²) in [4.78, 5) is 23.6. The first-order valence-corrected chi connectivity index (χ1v) is 8.26. The van der Waals surface area contributed by atoms with E-state index in [2.05, 4.69) is 46.2 Å². The second-order valence-electron chi connectivity index (χ2n) is 6.23. The van der Waals surface area contributed by atoms with Crippen molar-refractivity contribution in [2.24, 2.45) is 0 Å². The molecular weight excluding hydrogens is 288 g/mol. The average Bonchev–Trinajstić information content (AvgIpc) is 3.14. The molecule has 1 unspecified atom stereocenters. The number of H-pyrrole nitrogens is 1. The quantitative estimate of drug-likeness (QED) is 0.921. The molecule has 2 heterocycles. The number of imidazole rings is 1. The Kier molecular flexibility index (Phi) is 5.08. The van der Waals surface area contributed by atoms with E-state index in [0.717, 1.165) is 38.9 Å². The van der Waals surface area contributed by atoms with E-state index in [4.69, 9.17) is 0 Å². The zero-order valence-electron chi connectivity index (χ0n) is 13.6. The molecule has 1 aromatic carbocycles. The highest BCUT2D eigenvalue weighted by atomic mass is 16.2. The van der Waals surface area contributed by atoms with Crippen LogP contribution in [0.1, 0.15) is 28.9 Å². The Bertz CT molecular complexity index is 611. The van der Waals surface area contributed by atoms with Crippen LogP contribution in [0.4, 0.5) is 0 Å². The Hall–Kier alpha value is -2.14. The molecule has 0 spiro atoms. The Morgan fingerprint density at radius 3 is 2.96 bits per heavy atom. The van der Waals surface area contributed by atoms with Crippen molar-refractivity contribution in [2.45, 2.75) is 25.3 Å². The molecule has 1 aliphatic heterocycles. The number of likely N-dealkylation sites (tertiary alicyclic amines) is 1. The number of benzene rings is 1. The van der Waals surface area contributed by atoms with Crippen molar-refractivity contribution in [3.63, 3.8) is 0 Å². The minimum atomic E-state index is 0.0589. The second kappa shape index (κ2) is 7.42. The fourth-order valence-corrected chi connectivity index (χ4v) is 3.17. The third-order valence-corrected chi connectivity index (χ3v) is 4.63. The molecule has 1 atom stereocenters. The Morgan fingerprint density at radius 2 is 2.22 bits per heavy atom. The van der Waals surface area contributed by atoms with Crippen LogP contribution >= 0.6 is 0 Å². The van der Waals surface area contributed by atoms with Crippen LogP contribution in [0.5, 0.6) is 0 Å². The molecule has 5 heteroatoms. The van der Waals surface area contributed by atoms with Crippen molar-refractivity contribution in [1.29, 1.82) is 0 Å². The Balaban J connectivity index is 1.54. The number of piperidine rings is 1. The van der Waals surface area contributed by atoms with Crippen molar-refractivity contribution >= 4 is 5.91 Å². The highest BCUT2D eigenvalue weighted by Crippen LogP contribution is 2.17. The normalized spacial score (nSPS) is 18.3. The summed E-state index contributed by atoms with van der Waals surface area (Å²) in [7, 11) is 2.16. The van der Waals surface area contributed by atoms with Gasteiger partial charge < -0.3 is 14.8 Å². The predicted octanol–water partition coefficient (Wildman–Crippen LogP) is 2.19. The van der Waals surface area contributed by atoms with Crippen molar-refractivity contribution in [3.05, 3.63) is 54.1 Å². The van der Waals surface area contributed by atoms with E-state index < -0.39 is 0 Å². The van der Waals surface area contributed by atoms with Crippen LogP contribution < -0.4 is 0 Å². The molecule has 2 aromatic rings. The van der Waals surface area contributed by atoms with E-state index in [0.29, 0.717) is 11.7 Å². The van der Waals surface area contributed by atoms with Gasteiger partial charge in [0.25, 0.3) is 5.91 Å². The van der Waals surface area contributed by atoms with Crippen LogP contribution in [0.2, 0.25) is 0 Å². The lowest BCUT2D eigenvalue weighted by Gasteiger charge is -2.37. The number of rotatable bonds is 5. The average molecular weight is 312 g/mol. The minimum absolute atomic E-state index is 0.0589. The molecule has 1 fully saturated rings. The van der Waals surface area contributed by atoms with Crippen LogP contribution in [0.3, 0.4) is 0 Å². The Morgan fingerprint density at radius 1 is 1.39 bits per heavy atom. The molecule has 5 nitrogen and oxygen atoms in total. The lowest BCUT2D eigenvalue weighted by Crippen LogP contribution is -2.49. The van der Waals surface area contributed by atoms with Crippen LogP contribution in [0.15, 0.2) is 42.9 Å². The SMILES string of the molecule is CN(CCc1ccccc1)C1CCCN(C(=O)c2cnc[nH]2)C1. The van der Waals surface area contributed by atoms with E-state index >= 15 is 0 Å². The molecule has 0 bridgehead atoms. The maximum absolute atomic E-state index is 12.4. The largest absolute Gasteiger partial charge is 0.341 e. The lowest BCUT2D eigenvalue weighted by atomic mass is 10.0. The van der Waals surface area contributed by atoms with Gasteiger partial charge >= 0.3 is 0 Å². The number of carbonyl (C=O) groups excluding carboxylic acids is 1. The summed E-state index contributed by atoms with van der Waals surface area (Å²) < 4.78 is 0. The number of hydrogen-bond acceptors (Lipinski definition) is 3. The molecule has 1 amide bonds. The van der Waals surface area contributed by atoms with Gasteiger partial charge in [0.1, 0.15) is 5.69 Å². The lowest BCUT2D eigenvalue weighted by molar-refractivity contribution is 0.0606. The van der Waals surface area contributed by atoms with Gasteiger partial charge in [0.2, 0.25) is 0 Å². The van der Waals surface area contributed by atoms with Crippen molar-refractivity contribution in [1.82, 2.24) is 19.8 Å². The van der Waals surface area contributed by atoms with E-state index in [1.54, 1.807) is 12.5 Å². The van der Waals surface area contributed by atoms with Crippen LogP contribution in [0.25, 0.3) is 0 Å². The number of carbonyl (C=O) groups is 1. The molecule has 1 aliphatic rings. The van der Waals surface area contributed by atoms with Gasteiger partial charge in [-0.2, -0.15) is 0 Å². The Labute approximate surface area is 137 Å². The van der Waals surface area contributed by atoms with E-state index in [-0.39, 0.29) is 5.91 Å². The van der Waals surface area contributed by atoms with Crippen LogP contribution in [-0.2, 0) is 6.42 Å². The summed E-state index contributed by atoms with van der Waals surface area (Å²) in [6.07, 6.45) is 6.41. The molecule has 1 N–H and O–H groups in total. The number of hydrogen-bond donors (Lipinski definition) is 1. The van der Waals surface area contributed by atoms with Gasteiger partial charge in [-0.05, 0) is 31.9 Å². The zero-order valence-corrected chi connectivity index (χ0v) is 13.6. The van der Waals surface area contributed by atoms with Gasteiger partial charge in [-0.1, -0.05) is 30.3 Å². The van der Waals surface area contributed by atoms with Crippen molar-refractivity contribution in [3.8, 4) is 0 Å². The third kappa shape index (κ3) is 3.99. The number of amides is 1. The first-order chi connectivity index (χ1) is 11.2. The maximum Gasteiger partial charge on any atom is 0.271 e. The van der Waals surface area contributed by atoms with E-state index in [9.17, 15) is 4.79 Å². The molecule has 0 saturated carbocycles.